The first-order valence-electron chi connectivity index (χ1n) is 8.77. The summed E-state index contributed by atoms with van der Waals surface area (Å²) in [5.41, 5.74) is 1.81. The van der Waals surface area contributed by atoms with Crippen LogP contribution in [0.2, 0.25) is 0 Å². The summed E-state index contributed by atoms with van der Waals surface area (Å²) < 4.78 is 13.2. The Bertz CT molecular complexity index is 1050. The number of amides is 2. The number of imide groups is 1. The molecule has 1 heterocycles. The number of nitrogens with zero attached hydrogens (tertiary/aromatic N) is 1. The summed E-state index contributed by atoms with van der Waals surface area (Å²) in [6.45, 7) is 0.104. The lowest BCUT2D eigenvalue weighted by Crippen LogP contribution is -2.30. The van der Waals surface area contributed by atoms with E-state index in [2.05, 4.69) is 0 Å². The van der Waals surface area contributed by atoms with Gasteiger partial charge in [0.15, 0.2) is 0 Å². The van der Waals surface area contributed by atoms with Crippen molar-refractivity contribution in [2.45, 2.75) is 11.4 Å². The highest BCUT2D eigenvalue weighted by atomic mass is 32.2. The Morgan fingerprint density at radius 3 is 2.00 bits per heavy atom. The summed E-state index contributed by atoms with van der Waals surface area (Å²) >= 11 is 1.29. The maximum absolute atomic E-state index is 13.2. The van der Waals surface area contributed by atoms with Gasteiger partial charge in [0.1, 0.15) is 5.82 Å². The number of rotatable bonds is 5. The fourth-order valence-corrected chi connectivity index (χ4v) is 4.06. The van der Waals surface area contributed by atoms with E-state index in [0.717, 1.165) is 4.90 Å². The summed E-state index contributed by atoms with van der Waals surface area (Å²) in [6, 6.07) is 24.5. The average Bonchev–Trinajstić information content (AvgIpc) is 2.95. The predicted octanol–water partition coefficient (Wildman–Crippen LogP) is 4.90. The van der Waals surface area contributed by atoms with Crippen LogP contribution in [-0.4, -0.2) is 16.7 Å². The van der Waals surface area contributed by atoms with Crippen LogP contribution in [0.5, 0.6) is 0 Å². The highest BCUT2D eigenvalue weighted by Gasteiger charge is 2.39. The quantitative estimate of drug-likeness (QED) is 0.583. The lowest BCUT2D eigenvalue weighted by molar-refractivity contribution is -0.137. The van der Waals surface area contributed by atoms with E-state index in [9.17, 15) is 14.0 Å². The minimum Gasteiger partial charge on any atom is -0.269 e. The zero-order chi connectivity index (χ0) is 19.5. The molecule has 0 spiro atoms. The summed E-state index contributed by atoms with van der Waals surface area (Å²) in [5.74, 6) is -1.02. The third-order valence-corrected chi connectivity index (χ3v) is 5.50. The summed E-state index contributed by atoms with van der Waals surface area (Å²) in [6.07, 6.45) is 0. The first-order valence-corrected chi connectivity index (χ1v) is 9.58. The van der Waals surface area contributed by atoms with Gasteiger partial charge in [-0.15, -0.1) is 0 Å². The van der Waals surface area contributed by atoms with Gasteiger partial charge in [0.25, 0.3) is 11.8 Å². The van der Waals surface area contributed by atoms with Gasteiger partial charge in [0.05, 0.1) is 17.0 Å². The summed E-state index contributed by atoms with van der Waals surface area (Å²) in [4.78, 5) is 28.8. The Morgan fingerprint density at radius 2 is 1.36 bits per heavy atom. The van der Waals surface area contributed by atoms with Gasteiger partial charge >= 0.3 is 0 Å². The van der Waals surface area contributed by atoms with Gasteiger partial charge in [-0.1, -0.05) is 72.4 Å². The molecule has 3 aromatic rings. The van der Waals surface area contributed by atoms with Gasteiger partial charge in [-0.3, -0.25) is 14.5 Å². The lowest BCUT2D eigenvalue weighted by Gasteiger charge is -2.15. The minimum atomic E-state index is -0.355. The predicted molar refractivity (Wildman–Crippen MR) is 108 cm³/mol. The molecule has 5 heteroatoms. The van der Waals surface area contributed by atoms with Crippen molar-refractivity contribution in [3.63, 3.8) is 0 Å². The SMILES string of the molecule is O=C1C(Sc2ccccc2)=C(c2ccccc2)C(=O)N1Cc1ccc(F)cc1. The largest absolute Gasteiger partial charge is 0.269 e. The fraction of sp³-hybridized carbons (Fsp3) is 0.0435. The van der Waals surface area contributed by atoms with E-state index in [4.69, 9.17) is 0 Å². The molecule has 0 bridgehead atoms. The summed E-state index contributed by atoms with van der Waals surface area (Å²) in [5, 5.41) is 0. The molecule has 4 rings (SSSR count). The van der Waals surface area contributed by atoms with E-state index in [1.165, 1.54) is 28.8 Å². The molecule has 0 saturated carbocycles. The molecule has 0 saturated heterocycles. The van der Waals surface area contributed by atoms with Crippen molar-refractivity contribution in [1.82, 2.24) is 4.90 Å². The molecule has 0 aromatic heterocycles. The molecule has 0 radical (unpaired) electrons. The standard InChI is InChI=1S/C23H16FNO2S/c24-18-13-11-16(12-14-18)15-25-22(26)20(17-7-3-1-4-8-17)21(23(25)27)28-19-9-5-2-6-10-19/h1-14H,15H2. The Morgan fingerprint density at radius 1 is 0.750 bits per heavy atom. The van der Waals surface area contributed by atoms with Crippen LogP contribution in [0.4, 0.5) is 4.39 Å². The zero-order valence-corrected chi connectivity index (χ0v) is 15.7. The lowest BCUT2D eigenvalue weighted by atomic mass is 10.1. The van der Waals surface area contributed by atoms with Crippen molar-refractivity contribution in [3.05, 3.63) is 107 Å². The Hall–Kier alpha value is -3.18. The van der Waals surface area contributed by atoms with E-state index in [-0.39, 0.29) is 24.2 Å². The first kappa shape index (κ1) is 18.2. The third kappa shape index (κ3) is 3.62. The van der Waals surface area contributed by atoms with E-state index in [1.807, 2.05) is 60.7 Å². The number of thioether (sulfide) groups is 1. The molecule has 1 aliphatic rings. The smallest absolute Gasteiger partial charge is 0.268 e. The monoisotopic (exact) mass is 389 g/mol. The Labute approximate surface area is 166 Å². The molecule has 0 N–H and O–H groups in total. The number of carbonyl (C=O) groups is 2. The maximum atomic E-state index is 13.2. The van der Waals surface area contributed by atoms with Crippen molar-refractivity contribution < 1.29 is 14.0 Å². The second kappa shape index (κ2) is 7.82. The van der Waals surface area contributed by atoms with Crippen molar-refractivity contribution in [2.75, 3.05) is 0 Å². The number of halogens is 1. The first-order chi connectivity index (χ1) is 13.6. The van der Waals surface area contributed by atoms with Crippen LogP contribution < -0.4 is 0 Å². The topological polar surface area (TPSA) is 37.4 Å². The van der Waals surface area contributed by atoms with Crippen LogP contribution in [0.15, 0.2) is 94.7 Å². The van der Waals surface area contributed by atoms with Gasteiger partial charge in [0, 0.05) is 4.90 Å². The molecular formula is C23H16FNO2S. The average molecular weight is 389 g/mol. The second-order valence-corrected chi connectivity index (χ2v) is 7.39. The van der Waals surface area contributed by atoms with Gasteiger partial charge in [-0.25, -0.2) is 4.39 Å². The van der Waals surface area contributed by atoms with Crippen molar-refractivity contribution in [1.29, 1.82) is 0 Å². The van der Waals surface area contributed by atoms with Crippen LogP contribution in [0.25, 0.3) is 5.57 Å². The van der Waals surface area contributed by atoms with E-state index < -0.39 is 0 Å². The fourth-order valence-electron chi connectivity index (χ4n) is 3.03. The molecule has 0 aliphatic carbocycles. The molecule has 3 aromatic carbocycles. The van der Waals surface area contributed by atoms with Crippen LogP contribution in [-0.2, 0) is 16.1 Å². The molecule has 0 unspecified atom stereocenters. The molecule has 0 fully saturated rings. The van der Waals surface area contributed by atoms with Crippen molar-refractivity contribution in [2.24, 2.45) is 0 Å². The second-order valence-electron chi connectivity index (χ2n) is 6.31. The zero-order valence-electron chi connectivity index (χ0n) is 14.8. The highest BCUT2D eigenvalue weighted by Crippen LogP contribution is 2.40. The summed E-state index contributed by atoms with van der Waals surface area (Å²) in [7, 11) is 0. The van der Waals surface area contributed by atoms with Crippen molar-refractivity contribution >= 4 is 29.1 Å². The third-order valence-electron chi connectivity index (χ3n) is 4.41. The molecule has 2 amide bonds. The Kier molecular flexibility index (Phi) is 5.08. The number of carbonyl (C=O) groups excluding carboxylic acids is 2. The van der Waals surface area contributed by atoms with E-state index in [0.29, 0.717) is 21.6 Å². The minimum absolute atomic E-state index is 0.104. The van der Waals surface area contributed by atoms with Crippen LogP contribution in [0.1, 0.15) is 11.1 Å². The molecular weight excluding hydrogens is 373 g/mol. The number of hydrogen-bond acceptors (Lipinski definition) is 3. The number of benzene rings is 3. The normalized spacial score (nSPS) is 14.1. The Balaban J connectivity index is 1.71. The van der Waals surface area contributed by atoms with Crippen LogP contribution in [0.3, 0.4) is 0 Å². The molecule has 0 atom stereocenters. The molecule has 138 valence electrons. The van der Waals surface area contributed by atoms with Crippen LogP contribution in [0, 0.1) is 5.82 Å². The van der Waals surface area contributed by atoms with Crippen molar-refractivity contribution in [3.8, 4) is 0 Å². The van der Waals surface area contributed by atoms with Crippen LogP contribution >= 0.6 is 11.8 Å². The van der Waals surface area contributed by atoms with E-state index in [1.54, 1.807) is 12.1 Å². The van der Waals surface area contributed by atoms with Gasteiger partial charge in [0.2, 0.25) is 0 Å². The maximum Gasteiger partial charge on any atom is 0.268 e. The molecule has 1 aliphatic heterocycles. The number of hydrogen-bond donors (Lipinski definition) is 0. The van der Waals surface area contributed by atoms with E-state index >= 15 is 0 Å². The highest BCUT2D eigenvalue weighted by molar-refractivity contribution is 8.04. The molecule has 3 nitrogen and oxygen atoms in total. The van der Waals surface area contributed by atoms with Gasteiger partial charge < -0.3 is 0 Å². The molecule has 28 heavy (non-hydrogen) atoms. The van der Waals surface area contributed by atoms with Gasteiger partial charge in [-0.2, -0.15) is 0 Å². The van der Waals surface area contributed by atoms with Gasteiger partial charge in [-0.05, 0) is 35.4 Å².